The molecular weight excluding hydrogens is 332 g/mol. The SMILES string of the molecule is COc1ccccc1-c1nnc(C(F)(F)c2ccccc2C(N)=O)o1. The first-order chi connectivity index (χ1) is 11.9. The second-order valence-electron chi connectivity index (χ2n) is 5.10. The van der Waals surface area contributed by atoms with E-state index in [1.54, 1.807) is 24.3 Å². The standard InChI is InChI=1S/C17H13F2N3O3/c1-24-13-9-5-3-7-11(13)15-21-22-16(25-15)17(18,19)12-8-4-2-6-10(12)14(20)23/h2-9H,1H3,(H2,20,23). The lowest BCUT2D eigenvalue weighted by molar-refractivity contribution is 0.0127. The molecule has 0 aliphatic carbocycles. The van der Waals surface area contributed by atoms with E-state index in [1.807, 2.05) is 0 Å². The number of amides is 1. The molecular formula is C17H13F2N3O3. The zero-order valence-corrected chi connectivity index (χ0v) is 13.1. The summed E-state index contributed by atoms with van der Waals surface area (Å²) in [4.78, 5) is 11.4. The number of aromatic nitrogens is 2. The number of rotatable bonds is 5. The van der Waals surface area contributed by atoms with E-state index in [0.29, 0.717) is 11.3 Å². The van der Waals surface area contributed by atoms with Crippen molar-refractivity contribution in [1.29, 1.82) is 0 Å². The second-order valence-corrected chi connectivity index (χ2v) is 5.10. The van der Waals surface area contributed by atoms with Gasteiger partial charge in [-0.2, -0.15) is 8.78 Å². The lowest BCUT2D eigenvalue weighted by Gasteiger charge is -2.15. The fourth-order valence-electron chi connectivity index (χ4n) is 2.37. The van der Waals surface area contributed by atoms with Crippen LogP contribution in [-0.2, 0) is 5.92 Å². The van der Waals surface area contributed by atoms with Crippen molar-refractivity contribution in [1.82, 2.24) is 10.2 Å². The molecule has 0 spiro atoms. The molecule has 128 valence electrons. The minimum Gasteiger partial charge on any atom is -0.496 e. The Bertz CT molecular complexity index is 925. The first-order valence-electron chi connectivity index (χ1n) is 7.19. The third-order valence-electron chi connectivity index (χ3n) is 3.56. The van der Waals surface area contributed by atoms with Crippen molar-refractivity contribution in [2.24, 2.45) is 5.73 Å². The minimum absolute atomic E-state index is 0.122. The average molecular weight is 345 g/mol. The molecule has 6 nitrogen and oxygen atoms in total. The van der Waals surface area contributed by atoms with Crippen molar-refractivity contribution < 1.29 is 22.7 Å². The van der Waals surface area contributed by atoms with Crippen molar-refractivity contribution in [3.8, 4) is 17.2 Å². The van der Waals surface area contributed by atoms with Crippen molar-refractivity contribution in [2.45, 2.75) is 5.92 Å². The van der Waals surface area contributed by atoms with Crippen molar-refractivity contribution in [3.05, 3.63) is 65.5 Å². The van der Waals surface area contributed by atoms with E-state index >= 15 is 0 Å². The number of methoxy groups -OCH3 is 1. The number of hydrogen-bond donors (Lipinski definition) is 1. The Labute approximate surface area is 141 Å². The van der Waals surface area contributed by atoms with E-state index in [4.69, 9.17) is 14.9 Å². The minimum atomic E-state index is -3.68. The molecule has 3 rings (SSSR count). The van der Waals surface area contributed by atoms with Gasteiger partial charge in [0.05, 0.1) is 12.7 Å². The maximum Gasteiger partial charge on any atom is 0.349 e. The number of alkyl halides is 2. The summed E-state index contributed by atoms with van der Waals surface area (Å²) in [5.74, 6) is -5.32. The summed E-state index contributed by atoms with van der Waals surface area (Å²) in [7, 11) is 1.44. The van der Waals surface area contributed by atoms with E-state index in [9.17, 15) is 13.6 Å². The third kappa shape index (κ3) is 2.93. The van der Waals surface area contributed by atoms with Crippen LogP contribution in [0.4, 0.5) is 8.78 Å². The van der Waals surface area contributed by atoms with Gasteiger partial charge in [-0.25, -0.2) is 0 Å². The van der Waals surface area contributed by atoms with E-state index < -0.39 is 23.3 Å². The molecule has 1 heterocycles. The van der Waals surface area contributed by atoms with Gasteiger partial charge in [-0.3, -0.25) is 4.79 Å². The van der Waals surface area contributed by atoms with Gasteiger partial charge in [0, 0.05) is 11.1 Å². The van der Waals surface area contributed by atoms with Crippen LogP contribution < -0.4 is 10.5 Å². The average Bonchev–Trinajstić information content (AvgIpc) is 3.12. The summed E-state index contributed by atoms with van der Waals surface area (Å²) >= 11 is 0. The van der Waals surface area contributed by atoms with Crippen molar-refractivity contribution in [2.75, 3.05) is 7.11 Å². The van der Waals surface area contributed by atoms with Crippen LogP contribution in [0.5, 0.6) is 5.75 Å². The quantitative estimate of drug-likeness (QED) is 0.767. The van der Waals surface area contributed by atoms with Crippen LogP contribution in [0.1, 0.15) is 21.8 Å². The van der Waals surface area contributed by atoms with Gasteiger partial charge >= 0.3 is 5.92 Å². The number of carbonyl (C=O) groups excluding carboxylic acids is 1. The molecule has 0 radical (unpaired) electrons. The molecule has 0 bridgehead atoms. The molecule has 0 saturated carbocycles. The highest BCUT2D eigenvalue weighted by atomic mass is 19.3. The number of primary amides is 1. The number of hydrogen-bond acceptors (Lipinski definition) is 5. The highest BCUT2D eigenvalue weighted by molar-refractivity contribution is 5.94. The van der Waals surface area contributed by atoms with Crippen molar-refractivity contribution >= 4 is 5.91 Å². The summed E-state index contributed by atoms with van der Waals surface area (Å²) in [5, 5.41) is 7.11. The Morgan fingerprint density at radius 1 is 1.12 bits per heavy atom. The van der Waals surface area contributed by atoms with Gasteiger partial charge in [-0.05, 0) is 18.2 Å². The summed E-state index contributed by atoms with van der Waals surface area (Å²) in [5.41, 5.74) is 4.63. The largest absolute Gasteiger partial charge is 0.496 e. The number of nitrogens with two attached hydrogens (primary N) is 1. The summed E-state index contributed by atoms with van der Waals surface area (Å²) in [6.07, 6.45) is 0. The molecule has 0 atom stereocenters. The Morgan fingerprint density at radius 3 is 2.52 bits per heavy atom. The second kappa shape index (κ2) is 6.31. The molecule has 0 aliphatic heterocycles. The molecule has 3 aromatic rings. The predicted octanol–water partition coefficient (Wildman–Crippen LogP) is 2.98. The number of carbonyl (C=O) groups is 1. The Hall–Kier alpha value is -3.29. The van der Waals surface area contributed by atoms with Crippen LogP contribution in [0.2, 0.25) is 0 Å². The molecule has 2 aromatic carbocycles. The molecule has 0 fully saturated rings. The molecule has 2 N–H and O–H groups in total. The van der Waals surface area contributed by atoms with E-state index in [1.165, 1.54) is 25.3 Å². The van der Waals surface area contributed by atoms with Gasteiger partial charge in [0.25, 0.3) is 11.8 Å². The molecule has 1 amide bonds. The number of nitrogens with zero attached hydrogens (tertiary/aromatic N) is 2. The monoisotopic (exact) mass is 345 g/mol. The molecule has 0 aliphatic rings. The van der Waals surface area contributed by atoms with Crippen molar-refractivity contribution in [3.63, 3.8) is 0 Å². The van der Waals surface area contributed by atoms with Crippen LogP contribution in [-0.4, -0.2) is 23.2 Å². The number of halogens is 2. The van der Waals surface area contributed by atoms with Crippen LogP contribution in [0, 0.1) is 0 Å². The highest BCUT2D eigenvalue weighted by Gasteiger charge is 2.43. The maximum atomic E-state index is 14.8. The van der Waals surface area contributed by atoms with E-state index in [2.05, 4.69) is 10.2 Å². The lowest BCUT2D eigenvalue weighted by atomic mass is 10.0. The first-order valence-corrected chi connectivity index (χ1v) is 7.19. The van der Waals surface area contributed by atoms with Crippen LogP contribution >= 0.6 is 0 Å². The Morgan fingerprint density at radius 2 is 1.80 bits per heavy atom. The summed E-state index contributed by atoms with van der Waals surface area (Å²) in [6, 6.07) is 11.8. The van der Waals surface area contributed by atoms with Gasteiger partial charge < -0.3 is 14.9 Å². The van der Waals surface area contributed by atoms with Gasteiger partial charge in [0.2, 0.25) is 5.91 Å². The highest BCUT2D eigenvalue weighted by Crippen LogP contribution is 2.38. The van der Waals surface area contributed by atoms with Gasteiger partial charge in [-0.15, -0.1) is 10.2 Å². The molecule has 25 heavy (non-hydrogen) atoms. The normalized spacial score (nSPS) is 11.3. The van der Waals surface area contributed by atoms with Crippen LogP contribution in [0.3, 0.4) is 0 Å². The lowest BCUT2D eigenvalue weighted by Crippen LogP contribution is -2.23. The fraction of sp³-hybridized carbons (Fsp3) is 0.118. The van der Waals surface area contributed by atoms with Crippen LogP contribution in [0.25, 0.3) is 11.5 Å². The fourth-order valence-corrected chi connectivity index (χ4v) is 2.37. The topological polar surface area (TPSA) is 91.2 Å². The van der Waals surface area contributed by atoms with E-state index in [-0.39, 0.29) is 11.5 Å². The Kier molecular flexibility index (Phi) is 4.18. The van der Waals surface area contributed by atoms with Crippen LogP contribution in [0.15, 0.2) is 52.9 Å². The van der Waals surface area contributed by atoms with Gasteiger partial charge in [0.1, 0.15) is 5.75 Å². The molecule has 1 aromatic heterocycles. The first kappa shape index (κ1) is 16.6. The molecule has 0 saturated heterocycles. The maximum absolute atomic E-state index is 14.8. The smallest absolute Gasteiger partial charge is 0.349 e. The van der Waals surface area contributed by atoms with Gasteiger partial charge in [-0.1, -0.05) is 30.3 Å². The predicted molar refractivity (Wildman–Crippen MR) is 84.2 cm³/mol. The molecule has 8 heteroatoms. The van der Waals surface area contributed by atoms with E-state index in [0.717, 1.165) is 6.07 Å². The third-order valence-corrected chi connectivity index (χ3v) is 3.56. The summed E-state index contributed by atoms with van der Waals surface area (Å²) < 4.78 is 39.9. The number of para-hydroxylation sites is 1. The number of benzene rings is 2. The zero-order valence-electron chi connectivity index (χ0n) is 13.1. The Balaban J connectivity index is 2.06. The zero-order chi connectivity index (χ0) is 18.0. The van der Waals surface area contributed by atoms with Gasteiger partial charge in [0.15, 0.2) is 0 Å². The number of ether oxygens (including phenoxy) is 1. The molecule has 0 unspecified atom stereocenters. The summed E-state index contributed by atoms with van der Waals surface area (Å²) in [6.45, 7) is 0.